The Morgan fingerprint density at radius 2 is 2.00 bits per heavy atom. The van der Waals surface area contributed by atoms with Gasteiger partial charge in [-0.1, -0.05) is 45.1 Å². The lowest BCUT2D eigenvalue weighted by Gasteiger charge is -2.14. The average Bonchev–Trinajstić information content (AvgIpc) is 2.84. The fourth-order valence-electron chi connectivity index (χ4n) is 3.60. The highest BCUT2D eigenvalue weighted by Gasteiger charge is 2.18. The molecule has 0 radical (unpaired) electrons. The molecule has 1 aliphatic carbocycles. The Balaban J connectivity index is 1.94. The molecule has 0 unspecified atom stereocenters. The minimum atomic E-state index is -0.411. The van der Waals surface area contributed by atoms with Gasteiger partial charge < -0.3 is 4.74 Å². The van der Waals surface area contributed by atoms with Gasteiger partial charge in [0.25, 0.3) is 0 Å². The predicted octanol–water partition coefficient (Wildman–Crippen LogP) is 4.45. The molecule has 0 N–H and O–H groups in total. The van der Waals surface area contributed by atoms with Crippen LogP contribution in [0.4, 0.5) is 0 Å². The highest BCUT2D eigenvalue weighted by molar-refractivity contribution is 5.88. The van der Waals surface area contributed by atoms with Crippen LogP contribution in [0.25, 0.3) is 11.2 Å². The smallest absolute Gasteiger partial charge is 0.358 e. The summed E-state index contributed by atoms with van der Waals surface area (Å²) in [5, 5.41) is 4.37. The zero-order valence-electron chi connectivity index (χ0n) is 15.3. The molecule has 0 bridgehead atoms. The Kier molecular flexibility index (Phi) is 5.51. The molecule has 0 saturated heterocycles. The average molecular weight is 341 g/mol. The minimum Gasteiger partial charge on any atom is -0.461 e. The van der Waals surface area contributed by atoms with Crippen LogP contribution in [-0.4, -0.2) is 27.2 Å². The number of ether oxygens (including phenoxy) is 1. The van der Waals surface area contributed by atoms with E-state index >= 15 is 0 Å². The van der Waals surface area contributed by atoms with Crippen LogP contribution in [0, 0.1) is 5.92 Å². The van der Waals surface area contributed by atoms with E-state index in [1.165, 1.54) is 38.5 Å². The van der Waals surface area contributed by atoms with Crippen LogP contribution in [0.15, 0.2) is 18.7 Å². The molecule has 0 spiro atoms. The predicted molar refractivity (Wildman–Crippen MR) is 98.5 cm³/mol. The molecular weight excluding hydrogens is 314 g/mol. The SMILES string of the molecule is C=C(C)c1cc(CC2CCCCCC2)nc2cc(C(=O)OCC)nn12. The molecular formula is C20H27N3O2. The molecule has 2 aromatic heterocycles. The quantitative estimate of drug-likeness (QED) is 0.595. The van der Waals surface area contributed by atoms with Crippen molar-refractivity contribution in [2.45, 2.75) is 58.8 Å². The summed E-state index contributed by atoms with van der Waals surface area (Å²) in [5.41, 5.74) is 3.86. The Labute approximate surface area is 149 Å². The number of aromatic nitrogens is 3. The van der Waals surface area contributed by atoms with E-state index in [0.717, 1.165) is 23.4 Å². The summed E-state index contributed by atoms with van der Waals surface area (Å²) in [4.78, 5) is 16.7. The van der Waals surface area contributed by atoms with Crippen molar-refractivity contribution in [3.63, 3.8) is 0 Å². The van der Waals surface area contributed by atoms with Gasteiger partial charge >= 0.3 is 5.97 Å². The number of nitrogens with zero attached hydrogens (tertiary/aromatic N) is 3. The number of hydrogen-bond acceptors (Lipinski definition) is 4. The number of rotatable bonds is 5. The Bertz CT molecular complexity index is 771. The number of esters is 1. The summed E-state index contributed by atoms with van der Waals surface area (Å²) in [6.45, 7) is 8.14. The number of allylic oxidation sites excluding steroid dienone is 1. The molecule has 0 aliphatic heterocycles. The molecule has 25 heavy (non-hydrogen) atoms. The summed E-state index contributed by atoms with van der Waals surface area (Å²) in [6, 6.07) is 3.78. The van der Waals surface area contributed by atoms with Gasteiger partial charge in [0.2, 0.25) is 0 Å². The molecule has 2 aromatic rings. The number of hydrogen-bond donors (Lipinski definition) is 0. The van der Waals surface area contributed by atoms with Crippen molar-refractivity contribution in [2.75, 3.05) is 6.61 Å². The largest absolute Gasteiger partial charge is 0.461 e. The van der Waals surface area contributed by atoms with Crippen molar-refractivity contribution in [3.05, 3.63) is 35.8 Å². The lowest BCUT2D eigenvalue weighted by atomic mass is 9.94. The Morgan fingerprint density at radius 3 is 2.64 bits per heavy atom. The van der Waals surface area contributed by atoms with E-state index < -0.39 is 5.97 Å². The van der Waals surface area contributed by atoms with E-state index in [2.05, 4.69) is 17.7 Å². The first-order valence-electron chi connectivity index (χ1n) is 9.31. The maximum Gasteiger partial charge on any atom is 0.358 e. The van der Waals surface area contributed by atoms with Crippen molar-refractivity contribution in [1.82, 2.24) is 14.6 Å². The second-order valence-corrected chi connectivity index (χ2v) is 6.99. The zero-order chi connectivity index (χ0) is 17.8. The second-order valence-electron chi connectivity index (χ2n) is 6.99. The van der Waals surface area contributed by atoms with Crippen molar-refractivity contribution in [3.8, 4) is 0 Å². The first kappa shape index (κ1) is 17.6. The molecule has 3 rings (SSSR count). The van der Waals surface area contributed by atoms with Gasteiger partial charge in [-0.2, -0.15) is 5.10 Å². The topological polar surface area (TPSA) is 56.5 Å². The zero-order valence-corrected chi connectivity index (χ0v) is 15.3. The molecule has 5 heteroatoms. The molecule has 0 amide bonds. The van der Waals surface area contributed by atoms with E-state index in [-0.39, 0.29) is 0 Å². The van der Waals surface area contributed by atoms with Crippen molar-refractivity contribution in [2.24, 2.45) is 5.92 Å². The van der Waals surface area contributed by atoms with E-state index in [1.807, 2.05) is 6.92 Å². The Hall–Kier alpha value is -2.17. The standard InChI is InChI=1S/C20H27N3O2/c1-4-25-20(24)17-13-19-21-16(11-15-9-7-5-6-8-10-15)12-18(14(2)3)23(19)22-17/h12-13,15H,2,4-11H2,1,3H3. The highest BCUT2D eigenvalue weighted by Crippen LogP contribution is 2.27. The third-order valence-electron chi connectivity index (χ3n) is 4.87. The minimum absolute atomic E-state index is 0.295. The van der Waals surface area contributed by atoms with Gasteiger partial charge in [0.05, 0.1) is 12.3 Å². The second kappa shape index (κ2) is 7.81. The van der Waals surface area contributed by atoms with Gasteiger partial charge in [-0.05, 0) is 37.8 Å². The van der Waals surface area contributed by atoms with Crippen molar-refractivity contribution in [1.29, 1.82) is 0 Å². The monoisotopic (exact) mass is 341 g/mol. The number of carbonyl (C=O) groups is 1. The molecule has 1 fully saturated rings. The molecule has 134 valence electrons. The molecule has 0 aromatic carbocycles. The van der Waals surface area contributed by atoms with E-state index in [9.17, 15) is 4.79 Å². The lowest BCUT2D eigenvalue weighted by Crippen LogP contribution is -2.09. The maximum absolute atomic E-state index is 12.0. The van der Waals surface area contributed by atoms with Gasteiger partial charge in [0.15, 0.2) is 11.3 Å². The molecule has 2 heterocycles. The molecule has 1 aliphatic rings. The van der Waals surface area contributed by atoms with Gasteiger partial charge in [0, 0.05) is 11.8 Å². The molecule has 1 saturated carbocycles. The van der Waals surface area contributed by atoms with Gasteiger partial charge in [-0.25, -0.2) is 14.3 Å². The van der Waals surface area contributed by atoms with Crippen LogP contribution in [0.5, 0.6) is 0 Å². The van der Waals surface area contributed by atoms with Crippen LogP contribution >= 0.6 is 0 Å². The Morgan fingerprint density at radius 1 is 1.28 bits per heavy atom. The third-order valence-corrected chi connectivity index (χ3v) is 4.87. The first-order chi connectivity index (χ1) is 12.1. The summed E-state index contributed by atoms with van der Waals surface area (Å²) < 4.78 is 6.76. The molecule has 0 atom stereocenters. The lowest BCUT2D eigenvalue weighted by molar-refractivity contribution is 0.0519. The maximum atomic E-state index is 12.0. The van der Waals surface area contributed by atoms with Gasteiger partial charge in [-0.3, -0.25) is 0 Å². The summed E-state index contributed by atoms with van der Waals surface area (Å²) >= 11 is 0. The normalized spacial score (nSPS) is 15.9. The van der Waals surface area contributed by atoms with E-state index in [0.29, 0.717) is 23.9 Å². The highest BCUT2D eigenvalue weighted by atomic mass is 16.5. The van der Waals surface area contributed by atoms with Crippen molar-refractivity contribution >= 4 is 17.2 Å². The summed E-state index contributed by atoms with van der Waals surface area (Å²) in [7, 11) is 0. The molecule has 5 nitrogen and oxygen atoms in total. The van der Waals surface area contributed by atoms with Crippen LogP contribution in [-0.2, 0) is 11.2 Å². The fourth-order valence-corrected chi connectivity index (χ4v) is 3.60. The van der Waals surface area contributed by atoms with Gasteiger partial charge in [-0.15, -0.1) is 0 Å². The van der Waals surface area contributed by atoms with Crippen LogP contribution in [0.1, 0.15) is 74.2 Å². The van der Waals surface area contributed by atoms with E-state index in [4.69, 9.17) is 9.72 Å². The first-order valence-corrected chi connectivity index (χ1v) is 9.31. The fraction of sp³-hybridized carbons (Fsp3) is 0.550. The van der Waals surface area contributed by atoms with Crippen molar-refractivity contribution < 1.29 is 9.53 Å². The van der Waals surface area contributed by atoms with Crippen LogP contribution < -0.4 is 0 Å². The number of fused-ring (bicyclic) bond motifs is 1. The van der Waals surface area contributed by atoms with Crippen LogP contribution in [0.3, 0.4) is 0 Å². The summed E-state index contributed by atoms with van der Waals surface area (Å²) in [6.07, 6.45) is 8.89. The van der Waals surface area contributed by atoms with Gasteiger partial charge in [0.1, 0.15) is 0 Å². The number of carbonyl (C=O) groups excluding carboxylic acids is 1. The third kappa shape index (κ3) is 4.09. The summed E-state index contributed by atoms with van der Waals surface area (Å²) in [5.74, 6) is 0.286. The van der Waals surface area contributed by atoms with E-state index in [1.54, 1.807) is 17.5 Å². The van der Waals surface area contributed by atoms with Crippen LogP contribution in [0.2, 0.25) is 0 Å².